The third-order valence-electron chi connectivity index (χ3n) is 3.48. The number of anilines is 1. The molecule has 118 valence electrons. The van der Waals surface area contributed by atoms with Gasteiger partial charge in [-0.1, -0.05) is 31.5 Å². The molecule has 0 aliphatic rings. The Hall–Kier alpha value is -1.39. The maximum absolute atomic E-state index is 12.2. The third-order valence-corrected chi connectivity index (χ3v) is 3.48. The van der Waals surface area contributed by atoms with Crippen LogP contribution in [0.15, 0.2) is 24.3 Å². The van der Waals surface area contributed by atoms with Crippen LogP contribution in [0.2, 0.25) is 0 Å². The summed E-state index contributed by atoms with van der Waals surface area (Å²) >= 11 is 0. The minimum Gasteiger partial charge on any atom is -0.377 e. The summed E-state index contributed by atoms with van der Waals surface area (Å²) in [6.07, 6.45) is 2.80. The summed E-state index contributed by atoms with van der Waals surface area (Å²) in [4.78, 5) is 12.2. The average Bonchev–Trinajstić information content (AvgIpc) is 2.45. The molecule has 0 aliphatic heterocycles. The van der Waals surface area contributed by atoms with Crippen molar-refractivity contribution < 1.29 is 9.53 Å². The molecule has 4 nitrogen and oxygen atoms in total. The summed E-state index contributed by atoms with van der Waals surface area (Å²) in [5, 5.41) is 3.01. The number of rotatable bonds is 9. The second-order valence-electron chi connectivity index (χ2n) is 5.59. The van der Waals surface area contributed by atoms with Gasteiger partial charge in [-0.05, 0) is 32.8 Å². The summed E-state index contributed by atoms with van der Waals surface area (Å²) < 4.78 is 5.43. The molecule has 1 amide bonds. The molecule has 0 fully saturated rings. The molecule has 21 heavy (non-hydrogen) atoms. The van der Waals surface area contributed by atoms with Crippen LogP contribution in [0.4, 0.5) is 5.69 Å². The molecular weight excluding hydrogens is 264 g/mol. The molecule has 4 heteroatoms. The van der Waals surface area contributed by atoms with Gasteiger partial charge in [0.25, 0.3) is 0 Å². The van der Waals surface area contributed by atoms with Crippen molar-refractivity contribution in [3.8, 4) is 0 Å². The molecular formula is C17H28N2O2. The van der Waals surface area contributed by atoms with E-state index in [0.29, 0.717) is 13.2 Å². The fraction of sp³-hybridized carbons (Fsp3) is 0.588. The van der Waals surface area contributed by atoms with Crippen LogP contribution < -0.4 is 11.1 Å². The van der Waals surface area contributed by atoms with Crippen molar-refractivity contribution in [1.29, 1.82) is 0 Å². The van der Waals surface area contributed by atoms with E-state index in [-0.39, 0.29) is 17.9 Å². The summed E-state index contributed by atoms with van der Waals surface area (Å²) in [7, 11) is 0. The maximum atomic E-state index is 12.2. The van der Waals surface area contributed by atoms with Crippen molar-refractivity contribution in [3.05, 3.63) is 29.8 Å². The van der Waals surface area contributed by atoms with Crippen LogP contribution in [0.5, 0.6) is 0 Å². The lowest BCUT2D eigenvalue weighted by atomic mass is 10.0. The summed E-state index contributed by atoms with van der Waals surface area (Å²) in [6, 6.07) is 7.97. The molecule has 2 atom stereocenters. The Morgan fingerprint density at radius 1 is 1.29 bits per heavy atom. The summed E-state index contributed by atoms with van der Waals surface area (Å²) in [5.41, 5.74) is 7.58. The Kier molecular flexibility index (Phi) is 8.01. The van der Waals surface area contributed by atoms with Gasteiger partial charge < -0.3 is 15.8 Å². The lowest BCUT2D eigenvalue weighted by molar-refractivity contribution is -0.119. The first-order chi connectivity index (χ1) is 10.0. The van der Waals surface area contributed by atoms with Crippen LogP contribution in [-0.4, -0.2) is 18.6 Å². The van der Waals surface area contributed by atoms with Crippen molar-refractivity contribution in [2.75, 3.05) is 11.9 Å². The molecule has 0 heterocycles. The molecule has 1 aromatic rings. The second kappa shape index (κ2) is 9.53. The molecule has 0 saturated carbocycles. The van der Waals surface area contributed by atoms with Gasteiger partial charge in [0.15, 0.2) is 0 Å². The quantitative estimate of drug-likeness (QED) is 0.734. The van der Waals surface area contributed by atoms with E-state index >= 15 is 0 Å². The zero-order valence-corrected chi connectivity index (χ0v) is 13.4. The van der Waals surface area contributed by atoms with Gasteiger partial charge in [0.2, 0.25) is 5.91 Å². The van der Waals surface area contributed by atoms with Gasteiger partial charge in [-0.2, -0.15) is 0 Å². The highest BCUT2D eigenvalue weighted by Crippen LogP contribution is 2.18. The van der Waals surface area contributed by atoms with E-state index in [0.717, 1.165) is 30.5 Å². The molecule has 0 radical (unpaired) electrons. The van der Waals surface area contributed by atoms with Crippen LogP contribution in [0.25, 0.3) is 0 Å². The number of nitrogens with one attached hydrogen (secondary N) is 1. The highest BCUT2D eigenvalue weighted by atomic mass is 16.5. The van der Waals surface area contributed by atoms with Gasteiger partial charge in [0, 0.05) is 29.8 Å². The predicted octanol–water partition coefficient (Wildman–Crippen LogP) is 3.32. The first-order valence-electron chi connectivity index (χ1n) is 7.76. The number of carbonyl (C=O) groups is 1. The van der Waals surface area contributed by atoms with E-state index in [9.17, 15) is 4.79 Å². The van der Waals surface area contributed by atoms with Crippen LogP contribution in [0.1, 0.15) is 45.6 Å². The monoisotopic (exact) mass is 292 g/mol. The van der Waals surface area contributed by atoms with Gasteiger partial charge in [-0.3, -0.25) is 4.79 Å². The van der Waals surface area contributed by atoms with E-state index in [2.05, 4.69) is 5.32 Å². The van der Waals surface area contributed by atoms with E-state index < -0.39 is 0 Å². The third kappa shape index (κ3) is 6.74. The van der Waals surface area contributed by atoms with Crippen molar-refractivity contribution in [3.63, 3.8) is 0 Å². The molecule has 1 aromatic carbocycles. The van der Waals surface area contributed by atoms with Crippen molar-refractivity contribution in [2.24, 2.45) is 11.7 Å². The first kappa shape index (κ1) is 17.7. The standard InChI is InChI=1S/C17H28N2O2/c1-4-21-12-15-10-5-6-11-16(15)19-17(20)13(2)8-7-9-14(3)18/h5-6,10-11,13-14H,4,7-9,12,18H2,1-3H3,(H,19,20). The summed E-state index contributed by atoms with van der Waals surface area (Å²) in [6.45, 7) is 7.10. The van der Waals surface area contributed by atoms with Gasteiger partial charge in [-0.25, -0.2) is 0 Å². The number of ether oxygens (including phenoxy) is 1. The smallest absolute Gasteiger partial charge is 0.227 e. The Labute approximate surface area is 128 Å². The lowest BCUT2D eigenvalue weighted by Gasteiger charge is -2.15. The minimum atomic E-state index is -0.0103. The maximum Gasteiger partial charge on any atom is 0.227 e. The number of benzene rings is 1. The SMILES string of the molecule is CCOCc1ccccc1NC(=O)C(C)CCCC(C)N. The van der Waals surface area contributed by atoms with Crippen molar-refractivity contribution in [2.45, 2.75) is 52.7 Å². The lowest BCUT2D eigenvalue weighted by Crippen LogP contribution is -2.22. The molecule has 0 saturated heterocycles. The zero-order chi connectivity index (χ0) is 15.7. The van der Waals surface area contributed by atoms with E-state index in [1.54, 1.807) is 0 Å². The number of hydrogen-bond acceptors (Lipinski definition) is 3. The topological polar surface area (TPSA) is 64.3 Å². The molecule has 0 aromatic heterocycles. The zero-order valence-electron chi connectivity index (χ0n) is 13.4. The first-order valence-corrected chi connectivity index (χ1v) is 7.76. The molecule has 0 bridgehead atoms. The number of para-hydroxylation sites is 1. The van der Waals surface area contributed by atoms with Gasteiger partial charge >= 0.3 is 0 Å². The van der Waals surface area contributed by atoms with E-state index in [4.69, 9.17) is 10.5 Å². The molecule has 1 rings (SSSR count). The van der Waals surface area contributed by atoms with E-state index in [1.165, 1.54) is 0 Å². The van der Waals surface area contributed by atoms with Crippen LogP contribution >= 0.6 is 0 Å². The van der Waals surface area contributed by atoms with E-state index in [1.807, 2.05) is 45.0 Å². The van der Waals surface area contributed by atoms with Gasteiger partial charge in [-0.15, -0.1) is 0 Å². The highest BCUT2D eigenvalue weighted by molar-refractivity contribution is 5.93. The fourth-order valence-electron chi connectivity index (χ4n) is 2.11. The predicted molar refractivity (Wildman–Crippen MR) is 87.1 cm³/mol. The molecule has 2 unspecified atom stereocenters. The van der Waals surface area contributed by atoms with Crippen LogP contribution in [0, 0.1) is 5.92 Å². The average molecular weight is 292 g/mol. The molecule has 0 spiro atoms. The highest BCUT2D eigenvalue weighted by Gasteiger charge is 2.14. The van der Waals surface area contributed by atoms with Crippen LogP contribution in [0.3, 0.4) is 0 Å². The number of carbonyl (C=O) groups excluding carboxylic acids is 1. The normalized spacial score (nSPS) is 13.7. The number of amides is 1. The Bertz CT molecular complexity index is 433. The largest absolute Gasteiger partial charge is 0.377 e. The van der Waals surface area contributed by atoms with Crippen LogP contribution in [-0.2, 0) is 16.1 Å². The number of hydrogen-bond donors (Lipinski definition) is 2. The Balaban J connectivity index is 2.53. The second-order valence-corrected chi connectivity index (χ2v) is 5.59. The Morgan fingerprint density at radius 2 is 2.00 bits per heavy atom. The summed E-state index contributed by atoms with van der Waals surface area (Å²) in [5.74, 6) is 0.0486. The fourth-order valence-corrected chi connectivity index (χ4v) is 2.11. The molecule has 3 N–H and O–H groups in total. The van der Waals surface area contributed by atoms with Gasteiger partial charge in [0.1, 0.15) is 0 Å². The minimum absolute atomic E-state index is 0.0103. The van der Waals surface area contributed by atoms with Gasteiger partial charge in [0.05, 0.1) is 6.61 Å². The number of nitrogens with two attached hydrogens (primary N) is 1. The van der Waals surface area contributed by atoms with Crippen molar-refractivity contribution >= 4 is 11.6 Å². The Morgan fingerprint density at radius 3 is 2.67 bits per heavy atom. The molecule has 0 aliphatic carbocycles. The van der Waals surface area contributed by atoms with Crippen molar-refractivity contribution in [1.82, 2.24) is 0 Å².